The van der Waals surface area contributed by atoms with Crippen molar-refractivity contribution in [1.82, 2.24) is 14.0 Å². The third-order valence-corrected chi connectivity index (χ3v) is 6.52. The van der Waals surface area contributed by atoms with Crippen molar-refractivity contribution in [2.45, 2.75) is 39.3 Å². The van der Waals surface area contributed by atoms with Gasteiger partial charge in [0.2, 0.25) is 0 Å². The topological polar surface area (TPSA) is 56.5 Å². The number of hydrogen-bond acceptors (Lipinski definition) is 3. The van der Waals surface area contributed by atoms with E-state index in [1.807, 2.05) is 33.7 Å². The highest BCUT2D eigenvalue weighted by molar-refractivity contribution is 5.87. The molecule has 2 bridgehead atoms. The Labute approximate surface area is 182 Å². The van der Waals surface area contributed by atoms with Crippen LogP contribution in [0.15, 0.2) is 53.5 Å². The number of pyridine rings is 1. The van der Waals surface area contributed by atoms with Gasteiger partial charge < -0.3 is 18.8 Å². The Morgan fingerprint density at radius 3 is 2.77 bits per heavy atom. The number of nitrogens with zero attached hydrogens (tertiary/aromatic N) is 3. The number of carbonyl (C=O) groups is 1. The number of piperidine rings is 1. The lowest BCUT2D eigenvalue weighted by molar-refractivity contribution is -0.136. The number of aromatic nitrogens is 2. The van der Waals surface area contributed by atoms with Crippen molar-refractivity contribution < 1.29 is 9.53 Å². The largest absolute Gasteiger partial charge is 0.483 e. The zero-order chi connectivity index (χ0) is 21.5. The number of ether oxygens (including phenoxy) is 1. The van der Waals surface area contributed by atoms with Crippen molar-refractivity contribution in [1.29, 1.82) is 0 Å². The van der Waals surface area contributed by atoms with Crippen molar-refractivity contribution >= 4 is 16.8 Å². The van der Waals surface area contributed by atoms with Gasteiger partial charge in [0.05, 0.1) is 5.52 Å². The van der Waals surface area contributed by atoms with Crippen LogP contribution in [0.25, 0.3) is 10.9 Å². The summed E-state index contributed by atoms with van der Waals surface area (Å²) in [6.45, 7) is 7.42. The minimum absolute atomic E-state index is 0.0139. The van der Waals surface area contributed by atoms with E-state index in [4.69, 9.17) is 4.74 Å². The van der Waals surface area contributed by atoms with Crippen LogP contribution in [0.3, 0.4) is 0 Å². The number of rotatable bonds is 5. The fraction of sp³-hybridized carbons (Fsp3) is 0.440. The van der Waals surface area contributed by atoms with Crippen molar-refractivity contribution in [2.75, 3.05) is 19.7 Å². The normalized spacial score (nSPS) is 20.2. The lowest BCUT2D eigenvalue weighted by atomic mass is 9.83. The molecule has 6 heteroatoms. The average Bonchev–Trinajstić information content (AvgIpc) is 3.15. The van der Waals surface area contributed by atoms with Crippen LogP contribution in [-0.2, 0) is 17.9 Å². The molecule has 0 unspecified atom stereocenters. The summed E-state index contributed by atoms with van der Waals surface area (Å²) in [7, 11) is 0. The second-order valence-electron chi connectivity index (χ2n) is 9.34. The van der Waals surface area contributed by atoms with Gasteiger partial charge in [-0.15, -0.1) is 0 Å². The van der Waals surface area contributed by atoms with Gasteiger partial charge >= 0.3 is 0 Å². The molecule has 0 spiro atoms. The summed E-state index contributed by atoms with van der Waals surface area (Å²) in [5.41, 5.74) is 2.25. The van der Waals surface area contributed by atoms with E-state index in [2.05, 4.69) is 36.7 Å². The minimum atomic E-state index is 0.0139. The maximum absolute atomic E-state index is 13.0. The standard InChI is InChI=1S/C25H29N3O3/c1-17(2)12-26-10-9-20-22(26)6-3-7-23(20)31-16-25(30)27-13-18-11-19(15-27)21-5-4-8-24(29)28(21)14-18/h3-10,17-19H,11-16H2,1-2H3/t18-,19+/m1/s1. The van der Waals surface area contributed by atoms with E-state index in [1.54, 1.807) is 6.07 Å². The number of likely N-dealkylation sites (tertiary alicyclic amines) is 1. The van der Waals surface area contributed by atoms with Crippen LogP contribution in [0.5, 0.6) is 5.75 Å². The van der Waals surface area contributed by atoms with Crippen molar-refractivity contribution in [3.63, 3.8) is 0 Å². The zero-order valence-corrected chi connectivity index (χ0v) is 18.2. The average molecular weight is 420 g/mol. The van der Waals surface area contributed by atoms with Crippen LogP contribution in [0, 0.1) is 11.8 Å². The molecule has 5 rings (SSSR count). The maximum Gasteiger partial charge on any atom is 0.260 e. The lowest BCUT2D eigenvalue weighted by Gasteiger charge is -2.42. The van der Waals surface area contributed by atoms with Gasteiger partial charge in [-0.2, -0.15) is 0 Å². The Hall–Kier alpha value is -3.02. The summed E-state index contributed by atoms with van der Waals surface area (Å²) >= 11 is 0. The molecule has 6 nitrogen and oxygen atoms in total. The second-order valence-corrected chi connectivity index (χ2v) is 9.34. The van der Waals surface area contributed by atoms with Gasteiger partial charge in [0.15, 0.2) is 6.61 Å². The Bertz CT molecular complexity index is 1180. The zero-order valence-electron chi connectivity index (χ0n) is 18.2. The van der Waals surface area contributed by atoms with E-state index in [9.17, 15) is 9.59 Å². The molecule has 1 saturated heterocycles. The summed E-state index contributed by atoms with van der Waals surface area (Å²) in [6, 6.07) is 13.5. The van der Waals surface area contributed by atoms with Gasteiger partial charge in [-0.05, 0) is 42.5 Å². The molecule has 162 valence electrons. The first-order valence-electron chi connectivity index (χ1n) is 11.2. The van der Waals surface area contributed by atoms with Crippen LogP contribution in [0.4, 0.5) is 0 Å². The molecule has 1 fully saturated rings. The quantitative estimate of drug-likeness (QED) is 0.636. The van der Waals surface area contributed by atoms with Crippen LogP contribution in [0.1, 0.15) is 31.9 Å². The molecule has 31 heavy (non-hydrogen) atoms. The molecular weight excluding hydrogens is 390 g/mol. The van der Waals surface area contributed by atoms with Gasteiger partial charge in [0.25, 0.3) is 11.5 Å². The van der Waals surface area contributed by atoms with E-state index in [1.165, 1.54) is 0 Å². The van der Waals surface area contributed by atoms with Crippen LogP contribution < -0.4 is 10.3 Å². The highest BCUT2D eigenvalue weighted by Gasteiger charge is 2.36. The summed E-state index contributed by atoms with van der Waals surface area (Å²) in [6.07, 6.45) is 3.13. The predicted molar refractivity (Wildman–Crippen MR) is 120 cm³/mol. The maximum atomic E-state index is 13.0. The fourth-order valence-corrected chi connectivity index (χ4v) is 5.20. The molecule has 2 aliphatic rings. The highest BCUT2D eigenvalue weighted by atomic mass is 16.5. The molecule has 0 saturated carbocycles. The number of hydrogen-bond donors (Lipinski definition) is 0. The summed E-state index contributed by atoms with van der Waals surface area (Å²) < 4.78 is 10.1. The number of benzene rings is 1. The lowest BCUT2D eigenvalue weighted by Crippen LogP contribution is -2.50. The number of amides is 1. The first kappa shape index (κ1) is 19.9. The summed E-state index contributed by atoms with van der Waals surface area (Å²) in [4.78, 5) is 27.1. The first-order chi connectivity index (χ1) is 15.0. The molecule has 2 aromatic heterocycles. The van der Waals surface area contributed by atoms with Gasteiger partial charge in [0, 0.05) is 55.4 Å². The monoisotopic (exact) mass is 419 g/mol. The highest BCUT2D eigenvalue weighted by Crippen LogP contribution is 2.35. The summed E-state index contributed by atoms with van der Waals surface area (Å²) in [5.74, 6) is 1.87. The van der Waals surface area contributed by atoms with Crippen LogP contribution in [0.2, 0.25) is 0 Å². The van der Waals surface area contributed by atoms with Crippen molar-refractivity contribution in [3.8, 4) is 5.75 Å². The third-order valence-electron chi connectivity index (χ3n) is 6.52. The van der Waals surface area contributed by atoms with Crippen molar-refractivity contribution in [2.24, 2.45) is 11.8 Å². The van der Waals surface area contributed by atoms with Crippen molar-refractivity contribution in [3.05, 3.63) is 64.7 Å². The molecule has 4 heterocycles. The SMILES string of the molecule is CC(C)Cn1ccc2c(OCC(=O)N3C[C@H]4C[C@@H](C3)c3cccc(=O)n3C4)cccc21. The molecule has 0 N–H and O–H groups in total. The van der Waals surface area contributed by atoms with Gasteiger partial charge in [-0.1, -0.05) is 26.0 Å². The molecule has 2 atom stereocenters. The molecular formula is C25H29N3O3. The van der Waals surface area contributed by atoms with E-state index >= 15 is 0 Å². The van der Waals surface area contributed by atoms with Gasteiger partial charge in [-0.3, -0.25) is 9.59 Å². The smallest absolute Gasteiger partial charge is 0.260 e. The number of carbonyl (C=O) groups excluding carboxylic acids is 1. The second kappa shape index (κ2) is 7.91. The van der Waals surface area contributed by atoms with E-state index in [0.717, 1.165) is 35.3 Å². The Morgan fingerprint density at radius 2 is 1.94 bits per heavy atom. The molecule has 3 aromatic rings. The predicted octanol–water partition coefficient (Wildman–Crippen LogP) is 3.48. The molecule has 1 amide bonds. The molecule has 2 aliphatic heterocycles. The van der Waals surface area contributed by atoms with Crippen LogP contribution >= 0.6 is 0 Å². The Morgan fingerprint density at radius 1 is 1.10 bits per heavy atom. The first-order valence-corrected chi connectivity index (χ1v) is 11.2. The molecule has 1 aromatic carbocycles. The van der Waals surface area contributed by atoms with E-state index in [0.29, 0.717) is 31.5 Å². The van der Waals surface area contributed by atoms with Crippen LogP contribution in [-0.4, -0.2) is 39.6 Å². The minimum Gasteiger partial charge on any atom is -0.483 e. The van der Waals surface area contributed by atoms with E-state index in [-0.39, 0.29) is 24.0 Å². The van der Waals surface area contributed by atoms with E-state index < -0.39 is 0 Å². The number of fused-ring (bicyclic) bond motifs is 5. The summed E-state index contributed by atoms with van der Waals surface area (Å²) in [5, 5.41) is 1.04. The third kappa shape index (κ3) is 3.75. The van der Waals surface area contributed by atoms with Gasteiger partial charge in [-0.25, -0.2) is 0 Å². The Kier molecular flexibility index (Phi) is 5.08. The van der Waals surface area contributed by atoms with Gasteiger partial charge in [0.1, 0.15) is 5.75 Å². The molecule has 0 aliphatic carbocycles. The fourth-order valence-electron chi connectivity index (χ4n) is 5.20. The molecule has 0 radical (unpaired) electrons. The Balaban J connectivity index is 1.29.